The minimum Gasteiger partial charge on any atom is -0.454 e. The van der Waals surface area contributed by atoms with E-state index in [0.717, 1.165) is 28.9 Å². The van der Waals surface area contributed by atoms with Gasteiger partial charge in [0.05, 0.1) is 0 Å². The first kappa shape index (κ1) is 11.3. The van der Waals surface area contributed by atoms with Gasteiger partial charge in [0.1, 0.15) is 0 Å². The lowest BCUT2D eigenvalue weighted by molar-refractivity contribution is 0.173. The summed E-state index contributed by atoms with van der Waals surface area (Å²) in [6, 6.07) is 14.4. The smallest absolute Gasteiger partial charge is 0.231 e. The van der Waals surface area contributed by atoms with E-state index in [1.807, 2.05) is 24.5 Å². The maximum Gasteiger partial charge on any atom is 0.231 e. The molecule has 0 N–H and O–H groups in total. The van der Waals surface area contributed by atoms with Crippen molar-refractivity contribution in [2.75, 3.05) is 6.79 Å². The second-order valence-electron chi connectivity index (χ2n) is 4.84. The second-order valence-corrected chi connectivity index (χ2v) is 4.84. The summed E-state index contributed by atoms with van der Waals surface area (Å²) < 4.78 is 11.0. The van der Waals surface area contributed by atoms with E-state index in [1.165, 1.54) is 10.9 Å². The molecule has 2 aromatic carbocycles. The number of hydrogen-bond donors (Lipinski definition) is 0. The van der Waals surface area contributed by atoms with Gasteiger partial charge in [0.2, 0.25) is 6.79 Å². The van der Waals surface area contributed by atoms with E-state index in [2.05, 4.69) is 35.3 Å². The number of hydrogen-bond acceptors (Lipinski definition) is 3. The van der Waals surface area contributed by atoms with Gasteiger partial charge in [0, 0.05) is 29.8 Å². The van der Waals surface area contributed by atoms with Gasteiger partial charge in [-0.1, -0.05) is 30.3 Å². The van der Waals surface area contributed by atoms with Crippen molar-refractivity contribution in [1.82, 2.24) is 4.98 Å². The predicted octanol–water partition coefficient (Wildman–Crippen LogP) is 3.55. The van der Waals surface area contributed by atoms with Crippen molar-refractivity contribution in [1.29, 1.82) is 0 Å². The molecule has 0 amide bonds. The molecule has 0 spiro atoms. The molecule has 0 saturated carbocycles. The van der Waals surface area contributed by atoms with Crippen LogP contribution in [0.3, 0.4) is 0 Å². The van der Waals surface area contributed by atoms with Crippen molar-refractivity contribution < 1.29 is 9.47 Å². The fraction of sp³-hybridized carbons (Fsp3) is 0.118. The maximum absolute atomic E-state index is 5.58. The largest absolute Gasteiger partial charge is 0.454 e. The van der Waals surface area contributed by atoms with Crippen LogP contribution < -0.4 is 9.47 Å². The van der Waals surface area contributed by atoms with E-state index in [0.29, 0.717) is 6.79 Å². The van der Waals surface area contributed by atoms with E-state index in [1.54, 1.807) is 0 Å². The Hall–Kier alpha value is -2.55. The van der Waals surface area contributed by atoms with Crippen molar-refractivity contribution in [2.24, 2.45) is 0 Å². The molecule has 0 saturated heterocycles. The van der Waals surface area contributed by atoms with E-state index >= 15 is 0 Å². The highest BCUT2D eigenvalue weighted by Crippen LogP contribution is 2.37. The summed E-state index contributed by atoms with van der Waals surface area (Å²) in [7, 11) is 0. The van der Waals surface area contributed by atoms with Crippen LogP contribution in [0.15, 0.2) is 54.9 Å². The van der Waals surface area contributed by atoms with Crippen LogP contribution in [-0.2, 0) is 6.42 Å². The van der Waals surface area contributed by atoms with Gasteiger partial charge in [-0.3, -0.25) is 4.98 Å². The van der Waals surface area contributed by atoms with Crippen LogP contribution >= 0.6 is 0 Å². The minimum absolute atomic E-state index is 0.311. The van der Waals surface area contributed by atoms with Crippen LogP contribution in [0.25, 0.3) is 10.8 Å². The Morgan fingerprint density at radius 1 is 0.950 bits per heavy atom. The van der Waals surface area contributed by atoms with E-state index in [9.17, 15) is 0 Å². The van der Waals surface area contributed by atoms with Gasteiger partial charge in [-0.05, 0) is 23.1 Å². The molecule has 98 valence electrons. The fourth-order valence-corrected chi connectivity index (χ4v) is 2.68. The Labute approximate surface area is 116 Å². The molecule has 1 aliphatic rings. The zero-order valence-corrected chi connectivity index (χ0v) is 10.9. The lowest BCUT2D eigenvalue weighted by atomic mass is 9.99. The van der Waals surface area contributed by atoms with E-state index in [4.69, 9.17) is 9.47 Å². The summed E-state index contributed by atoms with van der Waals surface area (Å²) in [5, 5.41) is 2.40. The van der Waals surface area contributed by atoms with Crippen molar-refractivity contribution >= 4 is 10.8 Å². The molecule has 3 heteroatoms. The molecule has 0 radical (unpaired) electrons. The summed E-state index contributed by atoms with van der Waals surface area (Å²) in [4.78, 5) is 4.17. The number of rotatable bonds is 2. The lowest BCUT2D eigenvalue weighted by Gasteiger charge is -2.08. The number of pyridine rings is 1. The summed E-state index contributed by atoms with van der Waals surface area (Å²) in [5.41, 5.74) is 2.43. The van der Waals surface area contributed by atoms with Gasteiger partial charge in [0.15, 0.2) is 11.5 Å². The zero-order chi connectivity index (χ0) is 13.4. The zero-order valence-electron chi connectivity index (χ0n) is 10.9. The number of nitrogens with zero attached hydrogens (tertiary/aromatic N) is 1. The number of fused-ring (bicyclic) bond motifs is 2. The Kier molecular flexibility index (Phi) is 2.56. The highest BCUT2D eigenvalue weighted by atomic mass is 16.7. The molecule has 3 aromatic rings. The molecule has 1 aromatic heterocycles. The van der Waals surface area contributed by atoms with Gasteiger partial charge >= 0.3 is 0 Å². The van der Waals surface area contributed by atoms with Crippen LogP contribution in [0, 0.1) is 0 Å². The Morgan fingerprint density at radius 2 is 1.85 bits per heavy atom. The first-order chi connectivity index (χ1) is 9.92. The summed E-state index contributed by atoms with van der Waals surface area (Å²) in [5.74, 6) is 1.71. The molecule has 0 unspecified atom stereocenters. The summed E-state index contributed by atoms with van der Waals surface area (Å²) in [6.07, 6.45) is 4.56. The number of para-hydroxylation sites is 1. The first-order valence-corrected chi connectivity index (χ1v) is 6.61. The molecular weight excluding hydrogens is 250 g/mol. The fourth-order valence-electron chi connectivity index (χ4n) is 2.68. The molecule has 20 heavy (non-hydrogen) atoms. The SMILES string of the molecule is c1cc(Cc2cccc3cnccc23)c2c(c1)OCO2. The number of benzene rings is 2. The van der Waals surface area contributed by atoms with Gasteiger partial charge < -0.3 is 9.47 Å². The second kappa shape index (κ2) is 4.53. The van der Waals surface area contributed by atoms with Gasteiger partial charge in [-0.25, -0.2) is 0 Å². The van der Waals surface area contributed by atoms with E-state index < -0.39 is 0 Å². The normalized spacial score (nSPS) is 12.8. The average molecular weight is 263 g/mol. The Balaban J connectivity index is 1.81. The minimum atomic E-state index is 0.311. The molecule has 2 heterocycles. The van der Waals surface area contributed by atoms with Crippen molar-refractivity contribution in [3.05, 3.63) is 66.0 Å². The van der Waals surface area contributed by atoms with Crippen LogP contribution in [0.4, 0.5) is 0 Å². The average Bonchev–Trinajstić information content (AvgIpc) is 2.97. The maximum atomic E-state index is 5.58. The highest BCUT2D eigenvalue weighted by Gasteiger charge is 2.17. The third-order valence-electron chi connectivity index (χ3n) is 3.63. The highest BCUT2D eigenvalue weighted by molar-refractivity contribution is 5.85. The lowest BCUT2D eigenvalue weighted by Crippen LogP contribution is -1.95. The topological polar surface area (TPSA) is 31.4 Å². The third-order valence-corrected chi connectivity index (χ3v) is 3.63. The molecule has 4 rings (SSSR count). The molecule has 0 atom stereocenters. The molecule has 0 bridgehead atoms. The standard InChI is InChI=1S/C17H13NO2/c1-3-12(15-7-8-18-10-14(15)5-1)9-13-4-2-6-16-17(13)20-11-19-16/h1-8,10H,9,11H2. The third kappa shape index (κ3) is 1.79. The number of aromatic nitrogens is 1. The molecule has 3 nitrogen and oxygen atoms in total. The van der Waals surface area contributed by atoms with Crippen LogP contribution in [-0.4, -0.2) is 11.8 Å². The molecular formula is C17H13NO2. The predicted molar refractivity (Wildman–Crippen MR) is 77.1 cm³/mol. The van der Waals surface area contributed by atoms with Gasteiger partial charge in [-0.2, -0.15) is 0 Å². The summed E-state index contributed by atoms with van der Waals surface area (Å²) >= 11 is 0. The van der Waals surface area contributed by atoms with Crippen LogP contribution in [0.2, 0.25) is 0 Å². The van der Waals surface area contributed by atoms with E-state index in [-0.39, 0.29) is 0 Å². The Bertz CT molecular complexity index is 778. The van der Waals surface area contributed by atoms with Crippen LogP contribution in [0.1, 0.15) is 11.1 Å². The monoisotopic (exact) mass is 263 g/mol. The van der Waals surface area contributed by atoms with Crippen molar-refractivity contribution in [2.45, 2.75) is 6.42 Å². The summed E-state index contributed by atoms with van der Waals surface area (Å²) in [6.45, 7) is 0.311. The molecule has 1 aliphatic heterocycles. The first-order valence-electron chi connectivity index (χ1n) is 6.61. The number of ether oxygens (including phenoxy) is 2. The Morgan fingerprint density at radius 3 is 2.85 bits per heavy atom. The van der Waals surface area contributed by atoms with Crippen molar-refractivity contribution in [3.8, 4) is 11.5 Å². The molecule has 0 fully saturated rings. The van der Waals surface area contributed by atoms with Crippen LogP contribution in [0.5, 0.6) is 11.5 Å². The van der Waals surface area contributed by atoms with Gasteiger partial charge in [0.25, 0.3) is 0 Å². The van der Waals surface area contributed by atoms with Gasteiger partial charge in [-0.15, -0.1) is 0 Å². The van der Waals surface area contributed by atoms with Crippen molar-refractivity contribution in [3.63, 3.8) is 0 Å². The quantitative estimate of drug-likeness (QED) is 0.708. The molecule has 0 aliphatic carbocycles.